The molecule has 0 saturated carbocycles. The molecule has 1 aromatic rings. The summed E-state index contributed by atoms with van der Waals surface area (Å²) in [5.41, 5.74) is 0. The second-order valence-corrected chi connectivity index (χ2v) is 5.06. The maximum Gasteiger partial charge on any atom is 0.0515 e. The average Bonchev–Trinajstić information content (AvgIpc) is 2.75. The van der Waals surface area contributed by atoms with Crippen molar-refractivity contribution < 1.29 is 5.11 Å². The molecular formula is C13H25N3O. The number of aliphatic hydroxyl groups is 1. The van der Waals surface area contributed by atoms with Crippen LogP contribution in [0.3, 0.4) is 0 Å². The third kappa shape index (κ3) is 6.44. The number of aromatic nitrogens is 2. The SMILES string of the molecule is CC(O)CC(C)CNC(C)CCn1cccn1. The van der Waals surface area contributed by atoms with E-state index in [9.17, 15) is 5.11 Å². The van der Waals surface area contributed by atoms with Gasteiger partial charge in [0.2, 0.25) is 0 Å². The molecule has 0 bridgehead atoms. The molecule has 3 unspecified atom stereocenters. The van der Waals surface area contributed by atoms with Crippen LogP contribution in [0.15, 0.2) is 18.5 Å². The van der Waals surface area contributed by atoms with Crippen molar-refractivity contribution in [2.24, 2.45) is 5.92 Å². The Hall–Kier alpha value is -0.870. The number of nitrogens with zero attached hydrogens (tertiary/aromatic N) is 2. The van der Waals surface area contributed by atoms with E-state index in [-0.39, 0.29) is 6.10 Å². The molecule has 1 aromatic heterocycles. The van der Waals surface area contributed by atoms with Gasteiger partial charge in [0.1, 0.15) is 0 Å². The summed E-state index contributed by atoms with van der Waals surface area (Å²) in [6.07, 6.45) is 5.53. The highest BCUT2D eigenvalue weighted by molar-refractivity contribution is 4.78. The molecule has 3 atom stereocenters. The van der Waals surface area contributed by atoms with Gasteiger partial charge in [0.05, 0.1) is 6.10 Å². The van der Waals surface area contributed by atoms with Gasteiger partial charge in [-0.3, -0.25) is 4.68 Å². The van der Waals surface area contributed by atoms with Gasteiger partial charge in [-0.2, -0.15) is 5.10 Å². The topological polar surface area (TPSA) is 50.1 Å². The van der Waals surface area contributed by atoms with Crippen LogP contribution in [0.4, 0.5) is 0 Å². The minimum Gasteiger partial charge on any atom is -0.393 e. The molecule has 4 heteroatoms. The molecule has 0 aromatic carbocycles. The molecule has 4 nitrogen and oxygen atoms in total. The molecule has 0 saturated heterocycles. The Bertz CT molecular complexity index is 285. The van der Waals surface area contributed by atoms with Gasteiger partial charge in [0.15, 0.2) is 0 Å². The van der Waals surface area contributed by atoms with Gasteiger partial charge in [-0.1, -0.05) is 6.92 Å². The summed E-state index contributed by atoms with van der Waals surface area (Å²) in [5, 5.41) is 17.0. The van der Waals surface area contributed by atoms with Crippen LogP contribution in [0.1, 0.15) is 33.6 Å². The predicted octanol–water partition coefficient (Wildman–Crippen LogP) is 1.66. The fraction of sp³-hybridized carbons (Fsp3) is 0.769. The quantitative estimate of drug-likeness (QED) is 0.725. The maximum atomic E-state index is 9.28. The monoisotopic (exact) mass is 239 g/mol. The fourth-order valence-corrected chi connectivity index (χ4v) is 1.93. The van der Waals surface area contributed by atoms with E-state index in [0.717, 1.165) is 25.9 Å². The van der Waals surface area contributed by atoms with Crippen molar-refractivity contribution in [3.8, 4) is 0 Å². The van der Waals surface area contributed by atoms with Crippen LogP contribution >= 0.6 is 0 Å². The van der Waals surface area contributed by atoms with Gasteiger partial charge in [0, 0.05) is 25.0 Å². The molecule has 0 aliphatic carbocycles. The van der Waals surface area contributed by atoms with Crippen LogP contribution in [-0.4, -0.2) is 33.6 Å². The highest BCUT2D eigenvalue weighted by Gasteiger charge is 2.08. The van der Waals surface area contributed by atoms with Gasteiger partial charge >= 0.3 is 0 Å². The molecule has 1 heterocycles. The zero-order valence-electron chi connectivity index (χ0n) is 11.1. The Kier molecular flexibility index (Phi) is 6.22. The zero-order valence-corrected chi connectivity index (χ0v) is 11.1. The van der Waals surface area contributed by atoms with E-state index in [1.165, 1.54) is 0 Å². The Labute approximate surface area is 104 Å². The van der Waals surface area contributed by atoms with Crippen molar-refractivity contribution in [3.05, 3.63) is 18.5 Å². The first-order chi connectivity index (χ1) is 8.08. The lowest BCUT2D eigenvalue weighted by Crippen LogP contribution is -2.32. The summed E-state index contributed by atoms with van der Waals surface area (Å²) >= 11 is 0. The molecule has 0 aliphatic rings. The van der Waals surface area contributed by atoms with Crippen molar-refractivity contribution in [1.29, 1.82) is 0 Å². The van der Waals surface area contributed by atoms with Crippen LogP contribution in [-0.2, 0) is 6.54 Å². The zero-order chi connectivity index (χ0) is 12.7. The molecular weight excluding hydrogens is 214 g/mol. The van der Waals surface area contributed by atoms with Crippen molar-refractivity contribution in [3.63, 3.8) is 0 Å². The summed E-state index contributed by atoms with van der Waals surface area (Å²) in [5.74, 6) is 0.516. The summed E-state index contributed by atoms with van der Waals surface area (Å²) < 4.78 is 1.96. The lowest BCUT2D eigenvalue weighted by Gasteiger charge is -2.18. The first-order valence-corrected chi connectivity index (χ1v) is 6.46. The largest absolute Gasteiger partial charge is 0.393 e. The van der Waals surface area contributed by atoms with E-state index in [1.54, 1.807) is 0 Å². The molecule has 0 fully saturated rings. The van der Waals surface area contributed by atoms with Crippen LogP contribution in [0, 0.1) is 5.92 Å². The van der Waals surface area contributed by atoms with Crippen molar-refractivity contribution in [2.75, 3.05) is 6.54 Å². The Balaban J connectivity index is 2.10. The van der Waals surface area contributed by atoms with Gasteiger partial charge in [-0.25, -0.2) is 0 Å². The first-order valence-electron chi connectivity index (χ1n) is 6.46. The van der Waals surface area contributed by atoms with E-state index in [1.807, 2.05) is 30.1 Å². The third-order valence-corrected chi connectivity index (χ3v) is 2.91. The highest BCUT2D eigenvalue weighted by Crippen LogP contribution is 2.05. The number of hydrogen-bond acceptors (Lipinski definition) is 3. The first kappa shape index (κ1) is 14.2. The molecule has 0 radical (unpaired) electrons. The smallest absolute Gasteiger partial charge is 0.0515 e. The Morgan fingerprint density at radius 1 is 1.35 bits per heavy atom. The van der Waals surface area contributed by atoms with E-state index in [0.29, 0.717) is 12.0 Å². The second kappa shape index (κ2) is 7.45. The lowest BCUT2D eigenvalue weighted by atomic mass is 10.0. The number of nitrogens with one attached hydrogen (secondary N) is 1. The van der Waals surface area contributed by atoms with Gasteiger partial charge in [0.25, 0.3) is 0 Å². The molecule has 0 amide bonds. The van der Waals surface area contributed by atoms with Crippen molar-refractivity contribution in [2.45, 2.75) is 52.3 Å². The minimum atomic E-state index is -0.203. The normalized spacial score (nSPS) is 16.7. The number of hydrogen-bond donors (Lipinski definition) is 2. The van der Waals surface area contributed by atoms with E-state index in [2.05, 4.69) is 24.3 Å². The molecule has 2 N–H and O–H groups in total. The molecule has 0 aliphatic heterocycles. The van der Waals surface area contributed by atoms with E-state index >= 15 is 0 Å². The maximum absolute atomic E-state index is 9.28. The number of aliphatic hydroxyl groups excluding tert-OH is 1. The van der Waals surface area contributed by atoms with Gasteiger partial charge in [-0.15, -0.1) is 0 Å². The van der Waals surface area contributed by atoms with Gasteiger partial charge in [-0.05, 0) is 45.2 Å². The summed E-state index contributed by atoms with van der Waals surface area (Å²) in [4.78, 5) is 0. The van der Waals surface area contributed by atoms with Crippen LogP contribution in [0.5, 0.6) is 0 Å². The van der Waals surface area contributed by atoms with E-state index in [4.69, 9.17) is 0 Å². The minimum absolute atomic E-state index is 0.203. The highest BCUT2D eigenvalue weighted by atomic mass is 16.3. The molecule has 0 spiro atoms. The van der Waals surface area contributed by atoms with Crippen LogP contribution in [0.2, 0.25) is 0 Å². The summed E-state index contributed by atoms with van der Waals surface area (Å²) in [6, 6.07) is 2.43. The Morgan fingerprint density at radius 2 is 2.12 bits per heavy atom. The van der Waals surface area contributed by atoms with Crippen LogP contribution < -0.4 is 5.32 Å². The molecule has 98 valence electrons. The lowest BCUT2D eigenvalue weighted by molar-refractivity contribution is 0.162. The fourth-order valence-electron chi connectivity index (χ4n) is 1.93. The van der Waals surface area contributed by atoms with Crippen LogP contribution in [0.25, 0.3) is 0 Å². The van der Waals surface area contributed by atoms with Crippen molar-refractivity contribution >= 4 is 0 Å². The molecule has 1 rings (SSSR count). The number of aryl methyl sites for hydroxylation is 1. The predicted molar refractivity (Wildman–Crippen MR) is 69.8 cm³/mol. The second-order valence-electron chi connectivity index (χ2n) is 5.06. The molecule has 17 heavy (non-hydrogen) atoms. The Morgan fingerprint density at radius 3 is 2.71 bits per heavy atom. The number of rotatable bonds is 8. The standard InChI is InChI=1S/C13H25N3O/c1-11(9-13(3)17)10-14-12(2)5-8-16-7-4-6-15-16/h4,6-7,11-14,17H,5,8-10H2,1-3H3. The summed E-state index contributed by atoms with van der Waals surface area (Å²) in [6.45, 7) is 8.12. The average molecular weight is 239 g/mol. The van der Waals surface area contributed by atoms with E-state index < -0.39 is 0 Å². The van der Waals surface area contributed by atoms with Gasteiger partial charge < -0.3 is 10.4 Å². The summed E-state index contributed by atoms with van der Waals surface area (Å²) in [7, 11) is 0. The van der Waals surface area contributed by atoms with Crippen molar-refractivity contribution in [1.82, 2.24) is 15.1 Å². The third-order valence-electron chi connectivity index (χ3n) is 2.91.